The van der Waals surface area contributed by atoms with E-state index >= 15 is 0 Å². The largest absolute Gasteiger partial charge is 0.471 e. The van der Waals surface area contributed by atoms with Gasteiger partial charge in [0.25, 0.3) is 0 Å². The van der Waals surface area contributed by atoms with Crippen LogP contribution in [0.25, 0.3) is 0 Å². The lowest BCUT2D eigenvalue weighted by atomic mass is 10.1. The molecule has 0 saturated carbocycles. The van der Waals surface area contributed by atoms with Gasteiger partial charge in [0.05, 0.1) is 6.61 Å². The first-order valence-electron chi connectivity index (χ1n) is 8.15. The predicted molar refractivity (Wildman–Crippen MR) is 90.4 cm³/mol. The second-order valence-corrected chi connectivity index (χ2v) is 6.78. The fraction of sp³-hybridized carbons (Fsp3) is 0.588. The molecule has 1 amide bonds. The number of amides is 1. The van der Waals surface area contributed by atoms with E-state index < -0.39 is 42.0 Å². The highest BCUT2D eigenvalue weighted by Crippen LogP contribution is 2.30. The number of rotatable bonds is 5. The van der Waals surface area contributed by atoms with E-state index in [0.29, 0.717) is 5.69 Å². The van der Waals surface area contributed by atoms with Gasteiger partial charge in [0.1, 0.15) is 23.5 Å². The molecule has 0 aliphatic carbocycles. The van der Waals surface area contributed by atoms with Crippen LogP contribution >= 0.6 is 0 Å². The third-order valence-corrected chi connectivity index (χ3v) is 3.51. The van der Waals surface area contributed by atoms with Gasteiger partial charge in [-0.1, -0.05) is 0 Å². The molecular formula is C17H23F3N2O5. The average Bonchev–Trinajstić information content (AvgIpc) is 2.69. The molecule has 1 aromatic rings. The Hall–Kier alpha value is -2.52. The Labute approximate surface area is 154 Å². The van der Waals surface area contributed by atoms with Gasteiger partial charge in [0.15, 0.2) is 0 Å². The highest BCUT2D eigenvalue weighted by molar-refractivity contribution is 6.03. The summed E-state index contributed by atoms with van der Waals surface area (Å²) in [4.78, 5) is 35.8. The molecule has 0 fully saturated rings. The van der Waals surface area contributed by atoms with Gasteiger partial charge >= 0.3 is 24.0 Å². The number of nitrogens with one attached hydrogen (secondary N) is 1. The zero-order valence-electron chi connectivity index (χ0n) is 16.0. The first-order chi connectivity index (χ1) is 12.2. The van der Waals surface area contributed by atoms with Crippen molar-refractivity contribution in [1.29, 1.82) is 0 Å². The van der Waals surface area contributed by atoms with Crippen LogP contribution in [0.4, 0.5) is 19.0 Å². The number of hydrogen-bond donors (Lipinski definition) is 1. The van der Waals surface area contributed by atoms with Crippen LogP contribution in [-0.2, 0) is 25.6 Å². The van der Waals surface area contributed by atoms with Crippen molar-refractivity contribution in [2.24, 2.45) is 0 Å². The summed E-state index contributed by atoms with van der Waals surface area (Å²) < 4.78 is 49.3. The van der Waals surface area contributed by atoms with E-state index in [1.807, 2.05) is 0 Å². The van der Waals surface area contributed by atoms with Crippen molar-refractivity contribution in [3.8, 4) is 0 Å². The molecule has 0 atom stereocenters. The highest BCUT2D eigenvalue weighted by atomic mass is 19.4. The number of alkyl halides is 3. The number of ether oxygens (including phenoxy) is 2. The molecule has 0 aliphatic heterocycles. The maximum Gasteiger partial charge on any atom is 0.471 e. The van der Waals surface area contributed by atoms with Crippen molar-refractivity contribution in [2.45, 2.75) is 59.9 Å². The van der Waals surface area contributed by atoms with Gasteiger partial charge < -0.3 is 19.4 Å². The first-order valence-corrected chi connectivity index (χ1v) is 8.15. The Morgan fingerprint density at radius 1 is 1.11 bits per heavy atom. The van der Waals surface area contributed by atoms with Gasteiger partial charge in [0.2, 0.25) is 0 Å². The molecule has 7 nitrogen and oxygen atoms in total. The minimum absolute atomic E-state index is 0.0707. The SMILES string of the molecule is CCOC(=O)Cn1c(C)c(C)c(C(=O)OC(C)(C)C)c1NC(=O)C(F)(F)F. The lowest BCUT2D eigenvalue weighted by Gasteiger charge is -2.20. The number of hydrogen-bond acceptors (Lipinski definition) is 5. The summed E-state index contributed by atoms with van der Waals surface area (Å²) in [6.07, 6.45) is -5.17. The second-order valence-electron chi connectivity index (χ2n) is 6.78. The van der Waals surface area contributed by atoms with E-state index in [1.165, 1.54) is 13.8 Å². The second kappa shape index (κ2) is 8.01. The number of nitrogens with zero attached hydrogens (tertiary/aromatic N) is 1. The van der Waals surface area contributed by atoms with Crippen molar-refractivity contribution in [1.82, 2.24) is 4.57 Å². The predicted octanol–water partition coefficient (Wildman–Crippen LogP) is 3.12. The zero-order chi connectivity index (χ0) is 21.2. The van der Waals surface area contributed by atoms with E-state index in [2.05, 4.69) is 0 Å². The van der Waals surface area contributed by atoms with E-state index in [9.17, 15) is 27.6 Å². The summed E-state index contributed by atoms with van der Waals surface area (Å²) in [7, 11) is 0. The molecule has 10 heteroatoms. The average molecular weight is 392 g/mol. The maximum absolute atomic E-state index is 12.7. The van der Waals surface area contributed by atoms with Gasteiger partial charge in [-0.25, -0.2) is 4.79 Å². The van der Waals surface area contributed by atoms with E-state index in [-0.39, 0.29) is 17.7 Å². The molecule has 27 heavy (non-hydrogen) atoms. The van der Waals surface area contributed by atoms with Gasteiger partial charge in [0, 0.05) is 5.69 Å². The van der Waals surface area contributed by atoms with Crippen LogP contribution in [0.2, 0.25) is 0 Å². The number of esters is 2. The molecule has 0 saturated heterocycles. The van der Waals surface area contributed by atoms with Crippen LogP contribution in [0.15, 0.2) is 0 Å². The van der Waals surface area contributed by atoms with Gasteiger partial charge in [-0.3, -0.25) is 9.59 Å². The van der Waals surface area contributed by atoms with Crippen LogP contribution < -0.4 is 5.32 Å². The van der Waals surface area contributed by atoms with E-state index in [4.69, 9.17) is 9.47 Å². The molecule has 1 heterocycles. The monoisotopic (exact) mass is 392 g/mol. The minimum Gasteiger partial charge on any atom is -0.465 e. The standard InChI is InChI=1S/C17H23F3N2O5/c1-7-26-11(23)8-22-10(3)9(2)12(14(24)27-16(4,5)6)13(22)21-15(25)17(18,19)20/h7-8H2,1-6H3,(H,21,25). The number of carbonyl (C=O) groups is 3. The smallest absolute Gasteiger partial charge is 0.465 e. The Morgan fingerprint density at radius 3 is 2.11 bits per heavy atom. The van der Waals surface area contributed by atoms with Crippen molar-refractivity contribution >= 4 is 23.7 Å². The maximum atomic E-state index is 12.7. The highest BCUT2D eigenvalue weighted by Gasteiger charge is 2.41. The molecule has 0 aromatic carbocycles. The summed E-state index contributed by atoms with van der Waals surface area (Å²) >= 11 is 0. The van der Waals surface area contributed by atoms with Crippen molar-refractivity contribution in [2.75, 3.05) is 11.9 Å². The summed E-state index contributed by atoms with van der Waals surface area (Å²) in [6, 6.07) is 0. The molecule has 0 radical (unpaired) electrons. The molecule has 1 N–H and O–H groups in total. The first kappa shape index (κ1) is 22.5. The fourth-order valence-corrected chi connectivity index (χ4v) is 2.28. The number of aromatic nitrogens is 1. The fourth-order valence-electron chi connectivity index (χ4n) is 2.28. The third-order valence-electron chi connectivity index (χ3n) is 3.51. The lowest BCUT2D eigenvalue weighted by Crippen LogP contribution is -2.32. The molecule has 0 aliphatic rings. The van der Waals surface area contributed by atoms with Gasteiger partial charge in [-0.15, -0.1) is 0 Å². The number of anilines is 1. The van der Waals surface area contributed by atoms with E-state index in [1.54, 1.807) is 33.0 Å². The van der Waals surface area contributed by atoms with Crippen molar-refractivity contribution < 1.29 is 37.0 Å². The summed E-state index contributed by atoms with van der Waals surface area (Å²) in [5, 5.41) is 1.69. The Morgan fingerprint density at radius 2 is 1.67 bits per heavy atom. The minimum atomic E-state index is -5.17. The van der Waals surface area contributed by atoms with Gasteiger partial charge in [-0.05, 0) is 47.1 Å². The third kappa shape index (κ3) is 5.73. The molecule has 0 spiro atoms. The molecule has 152 valence electrons. The van der Waals surface area contributed by atoms with E-state index in [0.717, 1.165) is 4.57 Å². The normalized spacial score (nSPS) is 11.9. The van der Waals surface area contributed by atoms with Crippen LogP contribution in [0.1, 0.15) is 49.3 Å². The number of halogens is 3. The van der Waals surface area contributed by atoms with Gasteiger partial charge in [-0.2, -0.15) is 13.2 Å². The van der Waals surface area contributed by atoms with Crippen LogP contribution in [0.3, 0.4) is 0 Å². The van der Waals surface area contributed by atoms with Crippen LogP contribution in [0.5, 0.6) is 0 Å². The lowest BCUT2D eigenvalue weighted by molar-refractivity contribution is -0.167. The Balaban J connectivity index is 3.49. The number of carbonyl (C=O) groups excluding carboxylic acids is 3. The van der Waals surface area contributed by atoms with Crippen molar-refractivity contribution in [3.63, 3.8) is 0 Å². The Bertz CT molecular complexity index is 745. The Kier molecular flexibility index (Phi) is 6.68. The molecule has 0 bridgehead atoms. The quantitative estimate of drug-likeness (QED) is 0.778. The molecule has 1 rings (SSSR count). The van der Waals surface area contributed by atoms with Crippen LogP contribution in [0, 0.1) is 13.8 Å². The van der Waals surface area contributed by atoms with Crippen molar-refractivity contribution in [3.05, 3.63) is 16.8 Å². The zero-order valence-corrected chi connectivity index (χ0v) is 16.0. The summed E-state index contributed by atoms with van der Waals surface area (Å²) in [5.41, 5.74) is -0.553. The molecule has 0 unspecified atom stereocenters. The molecule has 1 aromatic heterocycles. The van der Waals surface area contributed by atoms with Crippen LogP contribution in [-0.4, -0.2) is 40.8 Å². The molecular weight excluding hydrogens is 369 g/mol. The summed E-state index contributed by atoms with van der Waals surface area (Å²) in [5.74, 6) is -4.37. The topological polar surface area (TPSA) is 86.6 Å². The summed E-state index contributed by atoms with van der Waals surface area (Å²) in [6.45, 7) is 8.94.